The molecule has 1 N–H and O–H groups in total. The average Bonchev–Trinajstić information content (AvgIpc) is 2.81. The van der Waals surface area contributed by atoms with Crippen molar-refractivity contribution >= 4 is 23.4 Å². The van der Waals surface area contributed by atoms with Crippen LogP contribution in [0, 0.1) is 0 Å². The Balaban J connectivity index is 2.17. The zero-order valence-corrected chi connectivity index (χ0v) is 14.2. The predicted octanol–water partition coefficient (Wildman–Crippen LogP) is 3.83. The molecule has 0 aliphatic carbocycles. The van der Waals surface area contributed by atoms with Gasteiger partial charge in [-0.2, -0.15) is 0 Å². The van der Waals surface area contributed by atoms with Crippen molar-refractivity contribution in [2.75, 3.05) is 18.0 Å². The Kier molecular flexibility index (Phi) is 5.14. The first-order chi connectivity index (χ1) is 10.3. The smallest absolute Gasteiger partial charge is 0.414 e. The second kappa shape index (κ2) is 6.71. The topological polar surface area (TPSA) is 41.6 Å². The fourth-order valence-electron chi connectivity index (χ4n) is 2.51. The Morgan fingerprint density at radius 3 is 2.82 bits per heavy atom. The molecule has 0 saturated heterocycles. The van der Waals surface area contributed by atoms with E-state index in [1.807, 2.05) is 32.9 Å². The number of nitrogens with zero attached hydrogens (tertiary/aromatic N) is 1. The molecule has 4 nitrogen and oxygen atoms in total. The SMILES string of the molecule is C=C(Cl)CNCc1cccc2c1N(C(=O)OC(C)(C)C)CC2. The fraction of sp³-hybridized carbons (Fsp3) is 0.471. The maximum absolute atomic E-state index is 12.4. The number of carbonyl (C=O) groups is 1. The van der Waals surface area contributed by atoms with Gasteiger partial charge in [-0.3, -0.25) is 4.90 Å². The van der Waals surface area contributed by atoms with Crippen LogP contribution in [0.4, 0.5) is 10.5 Å². The second-order valence-electron chi connectivity index (χ2n) is 6.43. The number of hydrogen-bond donors (Lipinski definition) is 1. The summed E-state index contributed by atoms with van der Waals surface area (Å²) in [5.74, 6) is 0. The summed E-state index contributed by atoms with van der Waals surface area (Å²) in [6.45, 7) is 11.1. The molecule has 0 saturated carbocycles. The van der Waals surface area contributed by atoms with E-state index in [1.165, 1.54) is 5.56 Å². The third kappa shape index (κ3) is 4.24. The molecule has 1 aliphatic heterocycles. The predicted molar refractivity (Wildman–Crippen MR) is 90.4 cm³/mol. The zero-order chi connectivity index (χ0) is 16.3. The van der Waals surface area contributed by atoms with E-state index in [4.69, 9.17) is 16.3 Å². The molecule has 0 unspecified atom stereocenters. The Morgan fingerprint density at radius 2 is 2.18 bits per heavy atom. The van der Waals surface area contributed by atoms with Gasteiger partial charge in [0.05, 0.1) is 5.69 Å². The number of anilines is 1. The van der Waals surface area contributed by atoms with Crippen LogP contribution in [0.1, 0.15) is 31.9 Å². The summed E-state index contributed by atoms with van der Waals surface area (Å²) < 4.78 is 5.51. The normalized spacial score (nSPS) is 13.9. The van der Waals surface area contributed by atoms with Crippen molar-refractivity contribution in [1.29, 1.82) is 0 Å². The zero-order valence-electron chi connectivity index (χ0n) is 13.4. The molecule has 1 amide bonds. The number of ether oxygens (including phenoxy) is 1. The van der Waals surface area contributed by atoms with Crippen molar-refractivity contribution in [3.8, 4) is 0 Å². The maximum atomic E-state index is 12.4. The molecule has 1 heterocycles. The summed E-state index contributed by atoms with van der Waals surface area (Å²) in [5, 5.41) is 3.79. The van der Waals surface area contributed by atoms with Gasteiger partial charge in [0.25, 0.3) is 0 Å². The van der Waals surface area contributed by atoms with Crippen LogP contribution in [0.3, 0.4) is 0 Å². The Labute approximate surface area is 137 Å². The Bertz CT molecular complexity index is 579. The lowest BCUT2D eigenvalue weighted by atomic mass is 10.1. The van der Waals surface area contributed by atoms with Gasteiger partial charge in [-0.05, 0) is 38.3 Å². The summed E-state index contributed by atoms with van der Waals surface area (Å²) in [7, 11) is 0. The van der Waals surface area contributed by atoms with Crippen LogP contribution in [0.15, 0.2) is 29.8 Å². The molecule has 120 valence electrons. The first-order valence-electron chi connectivity index (χ1n) is 7.43. The molecule has 1 aromatic carbocycles. The molecule has 0 radical (unpaired) electrons. The summed E-state index contributed by atoms with van der Waals surface area (Å²) in [6, 6.07) is 6.10. The third-order valence-corrected chi connectivity index (χ3v) is 3.46. The first-order valence-corrected chi connectivity index (χ1v) is 7.81. The highest BCUT2D eigenvalue weighted by Gasteiger charge is 2.30. The molecule has 0 spiro atoms. The highest BCUT2D eigenvalue weighted by molar-refractivity contribution is 6.29. The maximum Gasteiger partial charge on any atom is 0.414 e. The molecular formula is C17H23ClN2O2. The Hall–Kier alpha value is -1.52. The van der Waals surface area contributed by atoms with Gasteiger partial charge in [-0.1, -0.05) is 36.4 Å². The number of rotatable bonds is 4. The molecule has 0 aromatic heterocycles. The van der Waals surface area contributed by atoms with E-state index >= 15 is 0 Å². The van der Waals surface area contributed by atoms with Crippen LogP contribution in [0.2, 0.25) is 0 Å². The average molecular weight is 323 g/mol. The number of fused-ring (bicyclic) bond motifs is 1. The summed E-state index contributed by atoms with van der Waals surface area (Å²) in [6.07, 6.45) is 0.561. The molecule has 0 fully saturated rings. The van der Waals surface area contributed by atoms with Gasteiger partial charge in [-0.25, -0.2) is 4.79 Å². The molecule has 1 aliphatic rings. The largest absolute Gasteiger partial charge is 0.443 e. The number of para-hydroxylation sites is 1. The first kappa shape index (κ1) is 16.8. The summed E-state index contributed by atoms with van der Waals surface area (Å²) in [4.78, 5) is 14.1. The van der Waals surface area contributed by atoms with Crippen molar-refractivity contribution in [2.24, 2.45) is 0 Å². The van der Waals surface area contributed by atoms with Gasteiger partial charge in [0.15, 0.2) is 0 Å². The second-order valence-corrected chi connectivity index (χ2v) is 6.96. The quantitative estimate of drug-likeness (QED) is 0.916. The van der Waals surface area contributed by atoms with Gasteiger partial charge in [-0.15, -0.1) is 0 Å². The number of amides is 1. The molecule has 0 atom stereocenters. The van der Waals surface area contributed by atoms with Crippen LogP contribution in [0.5, 0.6) is 0 Å². The van der Waals surface area contributed by atoms with Crippen molar-refractivity contribution in [3.63, 3.8) is 0 Å². The number of hydrogen-bond acceptors (Lipinski definition) is 3. The van der Waals surface area contributed by atoms with Crippen molar-refractivity contribution in [3.05, 3.63) is 40.9 Å². The van der Waals surface area contributed by atoms with Crippen molar-refractivity contribution in [2.45, 2.75) is 39.3 Å². The minimum Gasteiger partial charge on any atom is -0.443 e. The minimum absolute atomic E-state index is 0.291. The monoisotopic (exact) mass is 322 g/mol. The molecule has 0 bridgehead atoms. The molecule has 22 heavy (non-hydrogen) atoms. The van der Waals surface area contributed by atoms with E-state index < -0.39 is 5.60 Å². The van der Waals surface area contributed by atoms with E-state index in [2.05, 4.69) is 18.0 Å². The summed E-state index contributed by atoms with van der Waals surface area (Å²) >= 11 is 5.77. The van der Waals surface area contributed by atoms with Crippen LogP contribution >= 0.6 is 11.6 Å². The fourth-order valence-corrected chi connectivity index (χ4v) is 2.61. The van der Waals surface area contributed by atoms with Crippen LogP contribution in [-0.2, 0) is 17.7 Å². The number of halogens is 1. The van der Waals surface area contributed by atoms with Crippen LogP contribution < -0.4 is 10.2 Å². The number of nitrogens with one attached hydrogen (secondary N) is 1. The van der Waals surface area contributed by atoms with Gasteiger partial charge in [0, 0.05) is 24.7 Å². The van der Waals surface area contributed by atoms with Crippen molar-refractivity contribution in [1.82, 2.24) is 5.32 Å². The lowest BCUT2D eigenvalue weighted by Crippen LogP contribution is -2.36. The van der Waals surface area contributed by atoms with E-state index in [9.17, 15) is 4.79 Å². The molecule has 2 rings (SSSR count). The minimum atomic E-state index is -0.497. The number of carbonyl (C=O) groups excluding carboxylic acids is 1. The molecule has 5 heteroatoms. The van der Waals surface area contributed by atoms with Crippen LogP contribution in [-0.4, -0.2) is 24.8 Å². The van der Waals surface area contributed by atoms with E-state index in [1.54, 1.807) is 4.90 Å². The van der Waals surface area contributed by atoms with Gasteiger partial charge < -0.3 is 10.1 Å². The molecule has 1 aromatic rings. The highest BCUT2D eigenvalue weighted by atomic mass is 35.5. The van der Waals surface area contributed by atoms with Gasteiger partial charge in [0.2, 0.25) is 0 Å². The van der Waals surface area contributed by atoms with Crippen molar-refractivity contribution < 1.29 is 9.53 Å². The molecular weight excluding hydrogens is 300 g/mol. The summed E-state index contributed by atoms with van der Waals surface area (Å²) in [5.41, 5.74) is 2.71. The van der Waals surface area contributed by atoms with E-state index in [0.717, 1.165) is 17.7 Å². The lowest BCUT2D eigenvalue weighted by molar-refractivity contribution is 0.0583. The highest BCUT2D eigenvalue weighted by Crippen LogP contribution is 2.33. The third-order valence-electron chi connectivity index (χ3n) is 3.32. The van der Waals surface area contributed by atoms with E-state index in [0.29, 0.717) is 24.7 Å². The number of benzene rings is 1. The lowest BCUT2D eigenvalue weighted by Gasteiger charge is -2.26. The van der Waals surface area contributed by atoms with E-state index in [-0.39, 0.29) is 6.09 Å². The van der Waals surface area contributed by atoms with Crippen LogP contribution in [0.25, 0.3) is 0 Å². The van der Waals surface area contributed by atoms with Gasteiger partial charge in [0.1, 0.15) is 5.60 Å². The van der Waals surface area contributed by atoms with Gasteiger partial charge >= 0.3 is 6.09 Å². The standard InChI is InChI=1S/C17H23ClN2O2/c1-12(18)10-19-11-14-7-5-6-13-8-9-20(15(13)14)16(21)22-17(2,3)4/h5-7,19H,1,8-11H2,2-4H3. The Morgan fingerprint density at radius 1 is 1.45 bits per heavy atom.